The summed E-state index contributed by atoms with van der Waals surface area (Å²) in [6.07, 6.45) is -2.93. The third-order valence-electron chi connectivity index (χ3n) is 3.50. The highest BCUT2D eigenvalue weighted by molar-refractivity contribution is 5.78. The van der Waals surface area contributed by atoms with Gasteiger partial charge in [-0.25, -0.2) is 0 Å². The number of hydrogen-bond acceptors (Lipinski definition) is 7. The van der Waals surface area contributed by atoms with E-state index in [1.54, 1.807) is 0 Å². The number of aliphatic carboxylic acids is 2. The number of fused-ring (bicyclic) bond motifs is 1. The van der Waals surface area contributed by atoms with E-state index >= 15 is 0 Å². The molecule has 0 saturated carbocycles. The van der Waals surface area contributed by atoms with Gasteiger partial charge in [-0.3, -0.25) is 9.59 Å². The smallest absolute Gasteiger partial charge is 0.307 e. The van der Waals surface area contributed by atoms with Crippen molar-refractivity contribution in [2.45, 2.75) is 24.7 Å². The van der Waals surface area contributed by atoms with Gasteiger partial charge in [-0.05, 0) is 0 Å². The molecular formula is C10H13NO9. The van der Waals surface area contributed by atoms with Crippen molar-refractivity contribution < 1.29 is 39.2 Å². The van der Waals surface area contributed by atoms with Crippen molar-refractivity contribution in [1.29, 1.82) is 0 Å². The molecule has 2 rings (SSSR count). The summed E-state index contributed by atoms with van der Waals surface area (Å²) in [6.45, 7) is -0.122. The van der Waals surface area contributed by atoms with Gasteiger partial charge >= 0.3 is 11.9 Å². The average molecular weight is 291 g/mol. The Labute approximate surface area is 112 Å². The number of hydrogen-bond donors (Lipinski definition) is 2. The summed E-state index contributed by atoms with van der Waals surface area (Å²) in [4.78, 5) is 36.6. The Balaban J connectivity index is 2.07. The van der Waals surface area contributed by atoms with Gasteiger partial charge in [0.15, 0.2) is 6.10 Å². The van der Waals surface area contributed by atoms with E-state index in [1.807, 2.05) is 0 Å². The van der Waals surface area contributed by atoms with Crippen LogP contribution < -0.4 is 0 Å². The highest BCUT2D eigenvalue weighted by Gasteiger charge is 2.53. The Kier molecular flexibility index (Phi) is 4.04. The average Bonchev–Trinajstić information content (AvgIpc) is 2.88. The molecule has 2 aliphatic rings. The molecule has 5 atom stereocenters. The molecule has 2 saturated heterocycles. The monoisotopic (exact) mass is 291 g/mol. The van der Waals surface area contributed by atoms with Crippen molar-refractivity contribution >= 4 is 11.9 Å². The lowest BCUT2D eigenvalue weighted by Crippen LogP contribution is -2.37. The first kappa shape index (κ1) is 14.5. The zero-order valence-electron chi connectivity index (χ0n) is 10.2. The van der Waals surface area contributed by atoms with Gasteiger partial charge in [0.2, 0.25) is 0 Å². The summed E-state index contributed by atoms with van der Waals surface area (Å²) in [5.74, 6) is -4.34. The molecule has 2 aliphatic heterocycles. The number of ether oxygens (including phenoxy) is 2. The molecule has 0 radical (unpaired) electrons. The van der Waals surface area contributed by atoms with E-state index in [0.717, 1.165) is 0 Å². The van der Waals surface area contributed by atoms with Crippen LogP contribution in [0.5, 0.6) is 0 Å². The second kappa shape index (κ2) is 5.59. The van der Waals surface area contributed by atoms with Crippen LogP contribution in [0.3, 0.4) is 0 Å². The lowest BCUT2D eigenvalue weighted by molar-refractivity contribution is -0.769. The van der Waals surface area contributed by atoms with Gasteiger partial charge in [0.1, 0.15) is 6.10 Å². The van der Waals surface area contributed by atoms with E-state index in [9.17, 15) is 19.7 Å². The van der Waals surface area contributed by atoms with E-state index in [1.165, 1.54) is 0 Å². The van der Waals surface area contributed by atoms with Crippen LogP contribution in [0.1, 0.15) is 6.42 Å². The van der Waals surface area contributed by atoms with Gasteiger partial charge in [-0.1, -0.05) is 0 Å². The lowest BCUT2D eigenvalue weighted by atomic mass is 9.85. The minimum absolute atomic E-state index is 0.0306. The summed E-state index contributed by atoms with van der Waals surface area (Å²) in [5, 5.41) is 27.2. The van der Waals surface area contributed by atoms with Gasteiger partial charge in [0.25, 0.3) is 5.09 Å². The quantitative estimate of drug-likeness (QED) is 0.472. The maximum absolute atomic E-state index is 11.2. The second-order valence-electron chi connectivity index (χ2n) is 4.67. The first-order valence-corrected chi connectivity index (χ1v) is 5.89. The van der Waals surface area contributed by atoms with Crippen LogP contribution in [-0.2, 0) is 23.9 Å². The van der Waals surface area contributed by atoms with Crippen molar-refractivity contribution in [2.75, 3.05) is 13.2 Å². The van der Waals surface area contributed by atoms with Crippen LogP contribution >= 0.6 is 0 Å². The Morgan fingerprint density at radius 1 is 1.30 bits per heavy atom. The molecule has 0 aliphatic carbocycles. The zero-order chi connectivity index (χ0) is 14.9. The summed E-state index contributed by atoms with van der Waals surface area (Å²) in [5.41, 5.74) is 0. The third kappa shape index (κ3) is 2.80. The van der Waals surface area contributed by atoms with Gasteiger partial charge in [0, 0.05) is 5.92 Å². The van der Waals surface area contributed by atoms with E-state index in [0.29, 0.717) is 0 Å². The standard InChI is InChI=1S/C10H13NO9/c12-7(13)1-4(10(14)15)5-2-18-9-6(20-11(16)17)3-19-8(5)9/h4-6,8-9H,1-3H2,(H,12,13)(H,14,15)/t4-,5?,6+,8+,9+/m0/s1. The van der Waals surface area contributed by atoms with E-state index in [4.69, 9.17) is 19.7 Å². The highest BCUT2D eigenvalue weighted by atomic mass is 17.0. The fourth-order valence-electron chi connectivity index (χ4n) is 2.65. The van der Waals surface area contributed by atoms with Gasteiger partial charge in [-0.2, -0.15) is 0 Å². The maximum Gasteiger partial charge on any atom is 0.307 e. The normalized spacial score (nSPS) is 33.4. The van der Waals surface area contributed by atoms with Crippen molar-refractivity contribution in [3.63, 3.8) is 0 Å². The van der Waals surface area contributed by atoms with Gasteiger partial charge in [-0.15, -0.1) is 10.1 Å². The fourth-order valence-corrected chi connectivity index (χ4v) is 2.65. The predicted molar refractivity (Wildman–Crippen MR) is 58.2 cm³/mol. The van der Waals surface area contributed by atoms with Crippen LogP contribution in [0.25, 0.3) is 0 Å². The van der Waals surface area contributed by atoms with Crippen LogP contribution in [0.2, 0.25) is 0 Å². The molecule has 0 aromatic heterocycles. The largest absolute Gasteiger partial charge is 0.481 e. The molecule has 0 amide bonds. The van der Waals surface area contributed by atoms with E-state index < -0.39 is 53.6 Å². The third-order valence-corrected chi connectivity index (χ3v) is 3.50. The lowest BCUT2D eigenvalue weighted by Gasteiger charge is -2.21. The van der Waals surface area contributed by atoms with Gasteiger partial charge < -0.3 is 24.5 Å². The molecule has 0 spiro atoms. The first-order chi connectivity index (χ1) is 9.40. The molecule has 0 bridgehead atoms. The highest BCUT2D eigenvalue weighted by Crippen LogP contribution is 2.37. The second-order valence-corrected chi connectivity index (χ2v) is 4.67. The Morgan fingerprint density at radius 3 is 2.50 bits per heavy atom. The van der Waals surface area contributed by atoms with Crippen molar-refractivity contribution in [3.05, 3.63) is 10.1 Å². The van der Waals surface area contributed by atoms with Crippen LogP contribution in [-0.4, -0.2) is 58.8 Å². The Morgan fingerprint density at radius 2 is 1.95 bits per heavy atom. The summed E-state index contributed by atoms with van der Waals surface area (Å²) in [6, 6.07) is 0. The molecule has 20 heavy (non-hydrogen) atoms. The van der Waals surface area contributed by atoms with Crippen LogP contribution in [0.15, 0.2) is 0 Å². The molecule has 0 aromatic carbocycles. The van der Waals surface area contributed by atoms with E-state index in [-0.39, 0.29) is 13.2 Å². The topological polar surface area (TPSA) is 145 Å². The number of carboxylic acids is 2. The maximum atomic E-state index is 11.2. The number of rotatable bonds is 6. The molecular weight excluding hydrogens is 278 g/mol. The van der Waals surface area contributed by atoms with Crippen LogP contribution in [0, 0.1) is 22.0 Å². The minimum atomic E-state index is -1.26. The molecule has 10 heteroatoms. The Hall–Kier alpha value is -1.94. The van der Waals surface area contributed by atoms with Gasteiger partial charge in [0.05, 0.1) is 31.7 Å². The van der Waals surface area contributed by atoms with E-state index in [2.05, 4.69) is 4.84 Å². The number of carbonyl (C=O) groups is 2. The van der Waals surface area contributed by atoms with Crippen molar-refractivity contribution in [2.24, 2.45) is 11.8 Å². The summed E-state index contributed by atoms with van der Waals surface area (Å²) >= 11 is 0. The van der Waals surface area contributed by atoms with Crippen LogP contribution in [0.4, 0.5) is 0 Å². The van der Waals surface area contributed by atoms with Crippen molar-refractivity contribution in [1.82, 2.24) is 0 Å². The number of carboxylic acid groups (broad SMARTS) is 2. The molecule has 2 heterocycles. The molecule has 2 fully saturated rings. The molecule has 0 aromatic rings. The molecule has 2 N–H and O–H groups in total. The predicted octanol–water partition coefficient (Wildman–Crippen LogP) is -0.847. The fraction of sp³-hybridized carbons (Fsp3) is 0.800. The number of nitrogens with zero attached hydrogens (tertiary/aromatic N) is 1. The first-order valence-electron chi connectivity index (χ1n) is 5.89. The SMILES string of the molecule is O=C(O)C[C@H](C(=O)O)C1CO[C@H]2[C@@H]1OC[C@H]2O[N+](=O)[O-]. The Bertz CT molecular complexity index is 425. The summed E-state index contributed by atoms with van der Waals surface area (Å²) in [7, 11) is 0. The minimum Gasteiger partial charge on any atom is -0.481 e. The molecule has 112 valence electrons. The molecule has 10 nitrogen and oxygen atoms in total. The molecule has 1 unspecified atom stereocenters. The summed E-state index contributed by atoms with van der Waals surface area (Å²) < 4.78 is 10.6. The zero-order valence-corrected chi connectivity index (χ0v) is 10.2. The van der Waals surface area contributed by atoms with Crippen molar-refractivity contribution in [3.8, 4) is 0 Å².